The van der Waals surface area contributed by atoms with Crippen molar-refractivity contribution in [3.8, 4) is 0 Å². The Morgan fingerprint density at radius 2 is 2.16 bits per heavy atom. The van der Waals surface area contributed by atoms with Crippen LogP contribution in [-0.4, -0.2) is 54.1 Å². The van der Waals surface area contributed by atoms with E-state index < -0.39 is 0 Å². The summed E-state index contributed by atoms with van der Waals surface area (Å²) in [6.45, 7) is 2.94. The number of ether oxygens (including phenoxy) is 1. The topological polar surface area (TPSA) is 62.6 Å². The molecule has 1 aromatic heterocycles. The maximum atomic E-state index is 14.4. The Kier molecular flexibility index (Phi) is 5.18. The van der Waals surface area contributed by atoms with Gasteiger partial charge in [-0.2, -0.15) is 5.10 Å². The zero-order valence-corrected chi connectivity index (χ0v) is 14.4. The van der Waals surface area contributed by atoms with E-state index in [1.807, 2.05) is 18.1 Å². The van der Waals surface area contributed by atoms with Crippen LogP contribution in [0.4, 0.5) is 20.6 Å². The molecule has 8 heteroatoms. The lowest BCUT2D eigenvalue weighted by Crippen LogP contribution is -2.36. The van der Waals surface area contributed by atoms with E-state index in [1.54, 1.807) is 30.1 Å². The van der Waals surface area contributed by atoms with Crippen LogP contribution in [0.5, 0.6) is 0 Å². The Morgan fingerprint density at radius 1 is 1.40 bits per heavy atom. The number of nitrogens with one attached hydrogen (secondary N) is 1. The van der Waals surface area contributed by atoms with E-state index in [2.05, 4.69) is 10.4 Å². The Balaban J connectivity index is 1.61. The van der Waals surface area contributed by atoms with Gasteiger partial charge in [0, 0.05) is 44.6 Å². The van der Waals surface area contributed by atoms with Gasteiger partial charge in [-0.3, -0.25) is 4.68 Å². The van der Waals surface area contributed by atoms with Crippen molar-refractivity contribution >= 4 is 17.4 Å². The molecule has 0 radical (unpaired) electrons. The number of urea groups is 1. The molecule has 2 amide bonds. The van der Waals surface area contributed by atoms with Crippen LogP contribution in [0, 0.1) is 5.82 Å². The summed E-state index contributed by atoms with van der Waals surface area (Å²) in [6, 6.07) is 4.45. The van der Waals surface area contributed by atoms with Crippen LogP contribution in [-0.2, 0) is 18.3 Å². The van der Waals surface area contributed by atoms with E-state index in [9.17, 15) is 9.18 Å². The molecule has 1 saturated heterocycles. The van der Waals surface area contributed by atoms with E-state index in [-0.39, 0.29) is 11.8 Å². The van der Waals surface area contributed by atoms with Crippen LogP contribution < -0.4 is 10.2 Å². The molecule has 2 heterocycles. The van der Waals surface area contributed by atoms with Crippen molar-refractivity contribution in [2.24, 2.45) is 7.05 Å². The molecule has 1 fully saturated rings. The number of hydrogen-bond acceptors (Lipinski definition) is 4. The number of aromatic nitrogens is 2. The van der Waals surface area contributed by atoms with E-state index >= 15 is 0 Å². The average molecular weight is 347 g/mol. The molecular formula is C17H22FN5O2. The Bertz CT molecular complexity index is 742. The van der Waals surface area contributed by atoms with Crippen molar-refractivity contribution in [3.63, 3.8) is 0 Å². The highest BCUT2D eigenvalue weighted by atomic mass is 19.1. The molecule has 0 saturated carbocycles. The number of carbonyl (C=O) groups excluding carboxylic acids is 1. The molecule has 0 spiro atoms. The highest BCUT2D eigenvalue weighted by Gasteiger charge is 2.16. The van der Waals surface area contributed by atoms with Gasteiger partial charge in [-0.05, 0) is 18.2 Å². The average Bonchev–Trinajstić information content (AvgIpc) is 3.00. The molecule has 3 rings (SSSR count). The second kappa shape index (κ2) is 7.52. The Morgan fingerprint density at radius 3 is 2.80 bits per heavy atom. The van der Waals surface area contributed by atoms with Gasteiger partial charge in [-0.15, -0.1) is 0 Å². The molecule has 1 N–H and O–H groups in total. The predicted octanol–water partition coefficient (Wildman–Crippen LogP) is 2.06. The number of amides is 2. The minimum absolute atomic E-state index is 0.303. The fourth-order valence-electron chi connectivity index (χ4n) is 2.76. The number of nitrogens with zero attached hydrogens (tertiary/aromatic N) is 4. The second-order valence-electron chi connectivity index (χ2n) is 6.07. The fourth-order valence-corrected chi connectivity index (χ4v) is 2.76. The summed E-state index contributed by atoms with van der Waals surface area (Å²) in [5.74, 6) is -0.352. The van der Waals surface area contributed by atoms with Gasteiger partial charge in [-0.25, -0.2) is 9.18 Å². The van der Waals surface area contributed by atoms with Crippen molar-refractivity contribution in [2.75, 3.05) is 43.6 Å². The summed E-state index contributed by atoms with van der Waals surface area (Å²) in [7, 11) is 3.50. The van der Waals surface area contributed by atoms with Crippen molar-refractivity contribution in [1.29, 1.82) is 0 Å². The number of anilines is 2. The van der Waals surface area contributed by atoms with Crippen LogP contribution in [0.25, 0.3) is 0 Å². The SMILES string of the molecule is CN(Cc1cnn(C)c1)C(=O)Nc1ccc(N2CCOCC2)c(F)c1. The van der Waals surface area contributed by atoms with Crippen molar-refractivity contribution < 1.29 is 13.9 Å². The highest BCUT2D eigenvalue weighted by molar-refractivity contribution is 5.89. The van der Waals surface area contributed by atoms with Crippen molar-refractivity contribution in [2.45, 2.75) is 6.54 Å². The molecule has 1 aliphatic heterocycles. The summed E-state index contributed by atoms with van der Waals surface area (Å²) < 4.78 is 21.3. The lowest BCUT2D eigenvalue weighted by Gasteiger charge is -2.29. The molecule has 1 aliphatic rings. The number of aryl methyl sites for hydroxylation is 1. The maximum absolute atomic E-state index is 14.4. The summed E-state index contributed by atoms with van der Waals surface area (Å²) in [5, 5.41) is 6.79. The van der Waals surface area contributed by atoms with Crippen molar-refractivity contribution in [3.05, 3.63) is 42.0 Å². The maximum Gasteiger partial charge on any atom is 0.321 e. The number of morpholine rings is 1. The van der Waals surface area contributed by atoms with Gasteiger partial charge in [0.05, 0.1) is 31.6 Å². The van der Waals surface area contributed by atoms with Gasteiger partial charge >= 0.3 is 6.03 Å². The quantitative estimate of drug-likeness (QED) is 0.920. The molecule has 134 valence electrons. The van der Waals surface area contributed by atoms with Crippen LogP contribution in [0.1, 0.15) is 5.56 Å². The summed E-state index contributed by atoms with van der Waals surface area (Å²) in [4.78, 5) is 15.7. The second-order valence-corrected chi connectivity index (χ2v) is 6.07. The van der Waals surface area contributed by atoms with Gasteiger partial charge in [-0.1, -0.05) is 0 Å². The van der Waals surface area contributed by atoms with Crippen LogP contribution >= 0.6 is 0 Å². The molecule has 2 aromatic rings. The predicted molar refractivity (Wildman–Crippen MR) is 93.1 cm³/mol. The summed E-state index contributed by atoms with van der Waals surface area (Å²) in [6.07, 6.45) is 3.56. The van der Waals surface area contributed by atoms with E-state index in [1.165, 1.54) is 11.0 Å². The van der Waals surface area contributed by atoms with Gasteiger partial charge in [0.1, 0.15) is 5.82 Å². The molecule has 0 aliphatic carbocycles. The van der Waals surface area contributed by atoms with Gasteiger partial charge in [0.2, 0.25) is 0 Å². The number of carbonyl (C=O) groups is 1. The summed E-state index contributed by atoms with van der Waals surface area (Å²) >= 11 is 0. The van der Waals surface area contributed by atoms with Crippen LogP contribution in [0.2, 0.25) is 0 Å². The molecule has 0 atom stereocenters. The summed E-state index contributed by atoms with van der Waals surface area (Å²) in [5.41, 5.74) is 1.89. The van der Waals surface area contributed by atoms with Crippen LogP contribution in [0.15, 0.2) is 30.6 Å². The third kappa shape index (κ3) is 4.27. The zero-order chi connectivity index (χ0) is 17.8. The standard InChI is InChI=1S/C17H22FN5O2/c1-21(11-13-10-19-22(2)12-13)17(24)20-14-3-4-16(15(18)9-14)23-5-7-25-8-6-23/h3-4,9-10,12H,5-8,11H2,1-2H3,(H,20,24). The van der Waals surface area contributed by atoms with Crippen molar-refractivity contribution in [1.82, 2.24) is 14.7 Å². The van der Waals surface area contributed by atoms with E-state index in [4.69, 9.17) is 4.74 Å². The molecule has 7 nitrogen and oxygen atoms in total. The minimum atomic E-state index is -0.352. The van der Waals surface area contributed by atoms with E-state index in [0.29, 0.717) is 44.2 Å². The number of rotatable bonds is 4. The zero-order valence-electron chi connectivity index (χ0n) is 14.4. The fraction of sp³-hybridized carbons (Fsp3) is 0.412. The molecule has 0 bridgehead atoms. The normalized spacial score (nSPS) is 14.4. The lowest BCUT2D eigenvalue weighted by molar-refractivity contribution is 0.122. The first-order chi connectivity index (χ1) is 12.0. The smallest absolute Gasteiger partial charge is 0.321 e. The van der Waals surface area contributed by atoms with E-state index in [0.717, 1.165) is 5.56 Å². The molecule has 25 heavy (non-hydrogen) atoms. The number of benzene rings is 1. The van der Waals surface area contributed by atoms with Gasteiger partial charge in [0.25, 0.3) is 0 Å². The molecular weight excluding hydrogens is 325 g/mol. The third-order valence-electron chi connectivity index (χ3n) is 4.08. The number of hydrogen-bond donors (Lipinski definition) is 1. The molecule has 1 aromatic carbocycles. The first-order valence-electron chi connectivity index (χ1n) is 8.15. The van der Waals surface area contributed by atoms with Crippen LogP contribution in [0.3, 0.4) is 0 Å². The number of halogens is 1. The highest BCUT2D eigenvalue weighted by Crippen LogP contribution is 2.24. The monoisotopic (exact) mass is 347 g/mol. The Labute approximate surface area is 146 Å². The largest absolute Gasteiger partial charge is 0.378 e. The molecule has 0 unspecified atom stereocenters. The van der Waals surface area contributed by atoms with Gasteiger partial charge < -0.3 is 19.9 Å². The first kappa shape index (κ1) is 17.2. The Hall–Kier alpha value is -2.61. The van der Waals surface area contributed by atoms with Gasteiger partial charge in [0.15, 0.2) is 0 Å². The lowest BCUT2D eigenvalue weighted by atomic mass is 10.2. The third-order valence-corrected chi connectivity index (χ3v) is 4.08. The first-order valence-corrected chi connectivity index (χ1v) is 8.15. The minimum Gasteiger partial charge on any atom is -0.378 e.